The summed E-state index contributed by atoms with van der Waals surface area (Å²) < 4.78 is 11.4. The summed E-state index contributed by atoms with van der Waals surface area (Å²) in [5.74, 6) is 0. The lowest BCUT2D eigenvalue weighted by Gasteiger charge is -2.19. The van der Waals surface area contributed by atoms with Gasteiger partial charge in [0.05, 0.1) is 19.3 Å². The first-order chi connectivity index (χ1) is 12.7. The summed E-state index contributed by atoms with van der Waals surface area (Å²) in [6.45, 7) is 2.27. The molecule has 0 radical (unpaired) electrons. The Kier molecular flexibility index (Phi) is 6.62. The Morgan fingerprint density at radius 3 is 2.50 bits per heavy atom. The summed E-state index contributed by atoms with van der Waals surface area (Å²) in [4.78, 5) is 2.22. The molecule has 0 bridgehead atoms. The summed E-state index contributed by atoms with van der Waals surface area (Å²) >= 11 is 0. The molecule has 3 nitrogen and oxygen atoms in total. The highest BCUT2D eigenvalue weighted by Crippen LogP contribution is 2.39. The van der Waals surface area contributed by atoms with Gasteiger partial charge in [-0.05, 0) is 48.3 Å². The van der Waals surface area contributed by atoms with E-state index < -0.39 is 0 Å². The molecule has 0 fully saturated rings. The predicted molar refractivity (Wildman–Crippen MR) is 107 cm³/mol. The lowest BCUT2D eigenvalue weighted by molar-refractivity contribution is 0.0166. The second kappa shape index (κ2) is 9.13. The molecule has 1 aliphatic rings. The second-order valence-electron chi connectivity index (χ2n) is 7.01. The highest BCUT2D eigenvalue weighted by atomic mass is 16.5. The maximum absolute atomic E-state index is 6.22. The van der Waals surface area contributed by atoms with E-state index in [1.165, 1.54) is 27.8 Å². The molecule has 0 amide bonds. The zero-order valence-corrected chi connectivity index (χ0v) is 16.1. The minimum absolute atomic E-state index is 0.0576. The van der Waals surface area contributed by atoms with E-state index in [-0.39, 0.29) is 6.10 Å². The number of methoxy groups -OCH3 is 1. The maximum Gasteiger partial charge on any atom is 0.0872 e. The Morgan fingerprint density at radius 1 is 1.00 bits per heavy atom. The number of nitrogens with zero attached hydrogens (tertiary/aromatic N) is 1. The maximum atomic E-state index is 6.22. The van der Waals surface area contributed by atoms with E-state index in [1.54, 1.807) is 7.11 Å². The lowest BCUT2D eigenvalue weighted by atomic mass is 9.93. The van der Waals surface area contributed by atoms with Crippen molar-refractivity contribution in [3.05, 3.63) is 76.9 Å². The average molecular weight is 351 g/mol. The quantitative estimate of drug-likeness (QED) is 0.693. The van der Waals surface area contributed by atoms with Crippen LogP contribution in [0.5, 0.6) is 0 Å². The number of hydrogen-bond donors (Lipinski definition) is 0. The number of fused-ring (bicyclic) bond motifs is 2. The van der Waals surface area contributed by atoms with Crippen LogP contribution in [0, 0.1) is 0 Å². The van der Waals surface area contributed by atoms with Gasteiger partial charge in [0.25, 0.3) is 0 Å². The first-order valence-corrected chi connectivity index (χ1v) is 9.33. The molecule has 26 heavy (non-hydrogen) atoms. The van der Waals surface area contributed by atoms with Crippen molar-refractivity contribution in [3.63, 3.8) is 0 Å². The first-order valence-electron chi connectivity index (χ1n) is 9.33. The van der Waals surface area contributed by atoms with Gasteiger partial charge >= 0.3 is 0 Å². The van der Waals surface area contributed by atoms with E-state index in [0.29, 0.717) is 13.2 Å². The topological polar surface area (TPSA) is 21.7 Å². The van der Waals surface area contributed by atoms with Gasteiger partial charge in [-0.2, -0.15) is 0 Å². The Hall–Kier alpha value is -1.94. The van der Waals surface area contributed by atoms with Crippen LogP contribution in [-0.2, 0) is 15.9 Å². The highest BCUT2D eigenvalue weighted by molar-refractivity contribution is 5.84. The van der Waals surface area contributed by atoms with Crippen LogP contribution in [0.1, 0.15) is 34.8 Å². The second-order valence-corrected chi connectivity index (χ2v) is 7.01. The van der Waals surface area contributed by atoms with Crippen molar-refractivity contribution in [3.8, 4) is 0 Å². The minimum Gasteiger partial charge on any atom is -0.382 e. The van der Waals surface area contributed by atoms with Crippen LogP contribution in [0.25, 0.3) is 5.57 Å². The molecule has 0 aliphatic heterocycles. The summed E-state index contributed by atoms with van der Waals surface area (Å²) in [7, 11) is 5.95. The van der Waals surface area contributed by atoms with Crippen molar-refractivity contribution in [2.24, 2.45) is 0 Å². The Balaban J connectivity index is 2.03. The van der Waals surface area contributed by atoms with Gasteiger partial charge in [0.1, 0.15) is 0 Å². The molecule has 3 rings (SSSR count). The number of hydrogen-bond acceptors (Lipinski definition) is 3. The summed E-state index contributed by atoms with van der Waals surface area (Å²) in [5, 5.41) is 0. The fraction of sp³-hybridized carbons (Fsp3) is 0.391. The Bertz CT molecular complexity index is 751. The molecule has 0 unspecified atom stereocenters. The van der Waals surface area contributed by atoms with E-state index >= 15 is 0 Å². The smallest absolute Gasteiger partial charge is 0.0872 e. The molecule has 2 aromatic rings. The van der Waals surface area contributed by atoms with E-state index in [2.05, 4.69) is 73.6 Å². The summed E-state index contributed by atoms with van der Waals surface area (Å²) in [6.07, 6.45) is 4.36. The first kappa shape index (κ1) is 18.8. The van der Waals surface area contributed by atoms with E-state index in [0.717, 1.165) is 19.4 Å². The zero-order chi connectivity index (χ0) is 18.4. The van der Waals surface area contributed by atoms with Crippen molar-refractivity contribution >= 4 is 5.57 Å². The van der Waals surface area contributed by atoms with Crippen molar-refractivity contribution in [1.29, 1.82) is 0 Å². The Labute approximate surface area is 157 Å². The third-order valence-corrected chi connectivity index (χ3v) is 4.84. The molecular formula is C23H29NO2. The lowest BCUT2D eigenvalue weighted by Crippen LogP contribution is -2.12. The molecule has 0 N–H and O–H groups in total. The molecule has 0 saturated heterocycles. The third kappa shape index (κ3) is 4.42. The van der Waals surface area contributed by atoms with Crippen LogP contribution in [0.15, 0.2) is 54.6 Å². The molecule has 3 heteroatoms. The molecule has 1 aliphatic carbocycles. The third-order valence-electron chi connectivity index (χ3n) is 4.84. The van der Waals surface area contributed by atoms with E-state index in [1.807, 2.05) is 0 Å². The van der Waals surface area contributed by atoms with Crippen LogP contribution < -0.4 is 0 Å². The fourth-order valence-corrected chi connectivity index (χ4v) is 3.55. The molecule has 0 aromatic heterocycles. The van der Waals surface area contributed by atoms with Gasteiger partial charge < -0.3 is 14.4 Å². The predicted octanol–water partition coefficient (Wildman–Crippen LogP) is 4.33. The van der Waals surface area contributed by atoms with Crippen molar-refractivity contribution in [1.82, 2.24) is 4.90 Å². The van der Waals surface area contributed by atoms with Crippen LogP contribution in [0.4, 0.5) is 0 Å². The summed E-state index contributed by atoms with van der Waals surface area (Å²) in [6, 6.07) is 17.4. The van der Waals surface area contributed by atoms with E-state index in [9.17, 15) is 0 Å². The van der Waals surface area contributed by atoms with Crippen LogP contribution in [0.2, 0.25) is 0 Å². The molecule has 0 spiro atoms. The van der Waals surface area contributed by atoms with Crippen LogP contribution >= 0.6 is 0 Å². The Morgan fingerprint density at radius 2 is 1.73 bits per heavy atom. The number of ether oxygens (including phenoxy) is 2. The highest BCUT2D eigenvalue weighted by Gasteiger charge is 2.25. The van der Waals surface area contributed by atoms with Gasteiger partial charge in [0, 0.05) is 20.1 Å². The molecule has 138 valence electrons. The standard InChI is InChI=1S/C23H29NO2/c1-24(2)14-8-13-20-19-10-5-4-9-18(19)17-23(26-16-15-25-3)22-12-7-6-11-21(20)22/h4-7,9-13,23H,8,14-17H2,1-3H3/b20-13+/t23-/m1/s1. The van der Waals surface area contributed by atoms with Gasteiger partial charge in [-0.1, -0.05) is 54.6 Å². The summed E-state index contributed by atoms with van der Waals surface area (Å²) in [5.41, 5.74) is 6.57. The monoisotopic (exact) mass is 351 g/mol. The largest absolute Gasteiger partial charge is 0.382 e. The van der Waals surface area contributed by atoms with Gasteiger partial charge in [0.2, 0.25) is 0 Å². The SMILES string of the molecule is COCCO[C@@H]1Cc2ccccc2/C(=C\CCN(C)C)c2ccccc21. The molecule has 1 atom stereocenters. The van der Waals surface area contributed by atoms with Crippen molar-refractivity contribution in [2.45, 2.75) is 18.9 Å². The van der Waals surface area contributed by atoms with Gasteiger partial charge in [-0.3, -0.25) is 0 Å². The average Bonchev–Trinajstić information content (AvgIpc) is 2.77. The fourth-order valence-electron chi connectivity index (χ4n) is 3.55. The van der Waals surface area contributed by atoms with Crippen molar-refractivity contribution < 1.29 is 9.47 Å². The van der Waals surface area contributed by atoms with Gasteiger partial charge in [-0.15, -0.1) is 0 Å². The normalized spacial score (nSPS) is 17.8. The van der Waals surface area contributed by atoms with Gasteiger partial charge in [-0.25, -0.2) is 0 Å². The molecule has 2 aromatic carbocycles. The zero-order valence-electron chi connectivity index (χ0n) is 16.1. The molecule has 0 heterocycles. The number of benzene rings is 2. The van der Waals surface area contributed by atoms with Crippen molar-refractivity contribution in [2.75, 3.05) is 41.0 Å². The van der Waals surface area contributed by atoms with Crippen LogP contribution in [-0.4, -0.2) is 45.9 Å². The molecular weight excluding hydrogens is 322 g/mol. The number of rotatable bonds is 7. The van der Waals surface area contributed by atoms with E-state index in [4.69, 9.17) is 9.47 Å². The minimum atomic E-state index is 0.0576. The molecule has 0 saturated carbocycles. The van der Waals surface area contributed by atoms with Gasteiger partial charge in [0.15, 0.2) is 0 Å². The van der Waals surface area contributed by atoms with Crippen LogP contribution in [0.3, 0.4) is 0 Å².